The van der Waals surface area contributed by atoms with Gasteiger partial charge in [0.25, 0.3) is 0 Å². The highest BCUT2D eigenvalue weighted by Gasteiger charge is 2.02. The van der Waals surface area contributed by atoms with Crippen molar-refractivity contribution in [1.82, 2.24) is 4.98 Å². The largest absolute Gasteiger partial charge is 0.338 e. The number of aromatic nitrogens is 1. The van der Waals surface area contributed by atoms with E-state index in [1.54, 1.807) is 6.20 Å². The molecule has 0 amide bonds. The molecule has 0 bridgehead atoms. The number of pyridine rings is 1. The second kappa shape index (κ2) is 6.29. The van der Waals surface area contributed by atoms with Crippen LogP contribution in [0.5, 0.6) is 0 Å². The van der Waals surface area contributed by atoms with Gasteiger partial charge in [0, 0.05) is 10.7 Å². The Morgan fingerprint density at radius 2 is 2.11 bits per heavy atom. The van der Waals surface area contributed by atoms with Gasteiger partial charge in [-0.1, -0.05) is 34.1 Å². The monoisotopic (exact) mass is 316 g/mol. The molecule has 96 valence electrons. The number of anilines is 1. The first-order valence-electron chi connectivity index (χ1n) is 5.81. The second-order valence-corrected chi connectivity index (χ2v) is 4.87. The van der Waals surface area contributed by atoms with Gasteiger partial charge in [-0.15, -0.1) is 0 Å². The highest BCUT2D eigenvalue weighted by atomic mass is 79.9. The topological polar surface area (TPSA) is 42.0 Å². The lowest BCUT2D eigenvalue weighted by Gasteiger charge is -2.07. The number of rotatable bonds is 4. The minimum absolute atomic E-state index is 0.472. The fourth-order valence-electron chi connectivity index (χ4n) is 1.63. The molecule has 4 heteroatoms. The highest BCUT2D eigenvalue weighted by Crippen LogP contribution is 2.21. The molecule has 1 heterocycles. The first-order chi connectivity index (χ1) is 9.20. The summed E-state index contributed by atoms with van der Waals surface area (Å²) in [6, 6.07) is 11.4. The number of halogens is 1. The second-order valence-electron chi connectivity index (χ2n) is 4.01. The molecule has 0 radical (unpaired) electrons. The molecule has 19 heavy (non-hydrogen) atoms. The zero-order valence-corrected chi connectivity index (χ0v) is 12.0. The number of hydrogen-bond donors (Lipinski definition) is 1. The van der Waals surface area contributed by atoms with Crippen LogP contribution >= 0.6 is 15.9 Å². The van der Waals surface area contributed by atoms with Gasteiger partial charge in [-0.25, -0.2) is 4.98 Å². The Labute approximate surface area is 120 Å². The van der Waals surface area contributed by atoms with Crippen LogP contribution in [0.2, 0.25) is 0 Å². The predicted octanol–water partition coefficient (Wildman–Crippen LogP) is 3.80. The van der Waals surface area contributed by atoms with Crippen LogP contribution in [0.3, 0.4) is 0 Å². The average Bonchev–Trinajstić information content (AvgIpc) is 2.44. The molecule has 0 fully saturated rings. The van der Waals surface area contributed by atoms with Crippen LogP contribution in [-0.4, -0.2) is 11.3 Å². The van der Waals surface area contributed by atoms with Crippen molar-refractivity contribution in [2.24, 2.45) is 0 Å². The van der Waals surface area contributed by atoms with Crippen molar-refractivity contribution in [3.05, 3.63) is 63.9 Å². The van der Waals surface area contributed by atoms with Gasteiger partial charge in [0.15, 0.2) is 6.29 Å². The Hall–Kier alpha value is -1.94. The van der Waals surface area contributed by atoms with Crippen molar-refractivity contribution < 1.29 is 4.79 Å². The molecule has 0 aliphatic carbocycles. The van der Waals surface area contributed by atoms with E-state index in [1.807, 2.05) is 49.4 Å². The Balaban J connectivity index is 2.29. The lowest BCUT2D eigenvalue weighted by molar-refractivity contribution is -0.104. The minimum Gasteiger partial charge on any atom is -0.338 e. The number of benzene rings is 1. The number of carbonyl (C=O) groups excluding carboxylic acids is 1. The number of nitrogens with zero attached hydrogens (tertiary/aromatic N) is 1. The molecule has 0 saturated carbocycles. The van der Waals surface area contributed by atoms with E-state index in [0.29, 0.717) is 11.5 Å². The standard InChI is InChI=1S/C15H13BrN2O/c1-11-12(5-4-6-14(11)16)9-13(10-19)18-15-7-2-3-8-17-15/h2-10H,1H3,(H,17,18)/b13-9+. The van der Waals surface area contributed by atoms with E-state index in [2.05, 4.69) is 26.2 Å². The number of aldehydes is 1. The van der Waals surface area contributed by atoms with Crippen molar-refractivity contribution in [3.63, 3.8) is 0 Å². The summed E-state index contributed by atoms with van der Waals surface area (Å²) in [6.07, 6.45) is 4.27. The number of allylic oxidation sites excluding steroid dienone is 1. The third-order valence-electron chi connectivity index (χ3n) is 2.68. The van der Waals surface area contributed by atoms with Crippen molar-refractivity contribution in [2.45, 2.75) is 6.92 Å². The van der Waals surface area contributed by atoms with Gasteiger partial charge in [-0.05, 0) is 42.3 Å². The van der Waals surface area contributed by atoms with E-state index in [4.69, 9.17) is 0 Å². The number of nitrogens with one attached hydrogen (secondary N) is 1. The Kier molecular flexibility index (Phi) is 4.47. The van der Waals surface area contributed by atoms with Crippen molar-refractivity contribution >= 4 is 34.1 Å². The third-order valence-corrected chi connectivity index (χ3v) is 3.54. The maximum Gasteiger partial charge on any atom is 0.166 e. The van der Waals surface area contributed by atoms with Crippen molar-refractivity contribution in [3.8, 4) is 0 Å². The molecule has 0 saturated heterocycles. The van der Waals surface area contributed by atoms with E-state index >= 15 is 0 Å². The molecule has 0 aliphatic heterocycles. The van der Waals surface area contributed by atoms with E-state index in [-0.39, 0.29) is 0 Å². The Morgan fingerprint density at radius 3 is 2.79 bits per heavy atom. The molecule has 1 aromatic heterocycles. The Morgan fingerprint density at radius 1 is 1.26 bits per heavy atom. The molecule has 0 spiro atoms. The van der Waals surface area contributed by atoms with Crippen LogP contribution in [0.15, 0.2) is 52.8 Å². The van der Waals surface area contributed by atoms with Gasteiger partial charge in [-0.3, -0.25) is 4.79 Å². The van der Waals surface area contributed by atoms with Crippen LogP contribution in [0, 0.1) is 6.92 Å². The first kappa shape index (κ1) is 13.5. The molecular weight excluding hydrogens is 304 g/mol. The number of hydrogen-bond acceptors (Lipinski definition) is 3. The lowest BCUT2D eigenvalue weighted by Crippen LogP contribution is -2.02. The molecule has 0 unspecified atom stereocenters. The zero-order valence-electron chi connectivity index (χ0n) is 10.4. The average molecular weight is 317 g/mol. The van der Waals surface area contributed by atoms with E-state index in [0.717, 1.165) is 21.9 Å². The summed E-state index contributed by atoms with van der Waals surface area (Å²) in [6.45, 7) is 2.00. The van der Waals surface area contributed by atoms with Crippen molar-refractivity contribution in [2.75, 3.05) is 5.32 Å². The van der Waals surface area contributed by atoms with Crippen LogP contribution in [0.4, 0.5) is 5.82 Å². The van der Waals surface area contributed by atoms with Crippen molar-refractivity contribution in [1.29, 1.82) is 0 Å². The minimum atomic E-state index is 0.472. The van der Waals surface area contributed by atoms with E-state index in [1.165, 1.54) is 0 Å². The van der Waals surface area contributed by atoms with E-state index < -0.39 is 0 Å². The molecular formula is C15H13BrN2O. The maximum atomic E-state index is 11.1. The quantitative estimate of drug-likeness (QED) is 0.689. The summed E-state index contributed by atoms with van der Waals surface area (Å²) in [5, 5.41) is 2.99. The van der Waals surface area contributed by atoms with Gasteiger partial charge < -0.3 is 5.32 Å². The molecule has 0 atom stereocenters. The molecule has 1 N–H and O–H groups in total. The van der Waals surface area contributed by atoms with Gasteiger partial charge in [0.05, 0.1) is 5.70 Å². The van der Waals surface area contributed by atoms with Crippen LogP contribution in [0.25, 0.3) is 6.08 Å². The van der Waals surface area contributed by atoms with Crippen LogP contribution in [0.1, 0.15) is 11.1 Å². The first-order valence-corrected chi connectivity index (χ1v) is 6.60. The fourth-order valence-corrected chi connectivity index (χ4v) is 2.01. The summed E-state index contributed by atoms with van der Waals surface area (Å²) in [4.78, 5) is 15.3. The van der Waals surface area contributed by atoms with E-state index in [9.17, 15) is 4.79 Å². The fraction of sp³-hybridized carbons (Fsp3) is 0.0667. The molecule has 2 aromatic rings. The summed E-state index contributed by atoms with van der Waals surface area (Å²) < 4.78 is 1.02. The molecule has 2 rings (SSSR count). The van der Waals surface area contributed by atoms with Gasteiger partial charge in [0.1, 0.15) is 5.82 Å². The predicted molar refractivity (Wildman–Crippen MR) is 80.8 cm³/mol. The van der Waals surface area contributed by atoms with Gasteiger partial charge >= 0.3 is 0 Å². The highest BCUT2D eigenvalue weighted by molar-refractivity contribution is 9.10. The molecule has 0 aliphatic rings. The van der Waals surface area contributed by atoms with Gasteiger partial charge in [0.2, 0.25) is 0 Å². The summed E-state index contributed by atoms with van der Waals surface area (Å²) in [5.41, 5.74) is 2.55. The van der Waals surface area contributed by atoms with Gasteiger partial charge in [-0.2, -0.15) is 0 Å². The maximum absolute atomic E-state index is 11.1. The summed E-state index contributed by atoms with van der Waals surface area (Å²) >= 11 is 3.47. The Bertz CT molecular complexity index is 609. The third kappa shape index (κ3) is 3.51. The summed E-state index contributed by atoms with van der Waals surface area (Å²) in [5.74, 6) is 0.647. The smallest absolute Gasteiger partial charge is 0.166 e. The number of carbonyl (C=O) groups is 1. The molecule has 3 nitrogen and oxygen atoms in total. The SMILES string of the molecule is Cc1c(Br)cccc1/C=C(\C=O)Nc1ccccn1. The molecule has 1 aromatic carbocycles. The lowest BCUT2D eigenvalue weighted by atomic mass is 10.1. The van der Waals surface area contributed by atoms with Crippen LogP contribution in [-0.2, 0) is 4.79 Å². The summed E-state index contributed by atoms with van der Waals surface area (Å²) in [7, 11) is 0. The zero-order chi connectivity index (χ0) is 13.7. The normalized spacial score (nSPS) is 11.2. The van der Waals surface area contributed by atoms with Crippen LogP contribution < -0.4 is 5.32 Å².